The Labute approximate surface area is 89.3 Å². The molecule has 0 unspecified atom stereocenters. The predicted octanol–water partition coefficient (Wildman–Crippen LogP) is 1.87. The number of nitrogen functional groups attached to an aromatic ring is 1. The van der Waals surface area contributed by atoms with E-state index in [0.717, 1.165) is 11.3 Å². The molecule has 0 saturated carbocycles. The van der Waals surface area contributed by atoms with E-state index >= 15 is 0 Å². The number of amidine groups is 1. The van der Waals surface area contributed by atoms with Gasteiger partial charge < -0.3 is 5.73 Å². The van der Waals surface area contributed by atoms with E-state index in [1.807, 2.05) is 19.9 Å². The smallest absolute Gasteiger partial charge is 0.162 e. The highest BCUT2D eigenvalue weighted by Crippen LogP contribution is 2.15. The number of aryl methyl sites for hydroxylation is 2. The molecule has 1 rings (SSSR count). The number of nitrogens with two attached hydrogens (primary N) is 1. The summed E-state index contributed by atoms with van der Waals surface area (Å²) < 4.78 is 0. The second-order valence-corrected chi connectivity index (χ2v) is 3.12. The van der Waals surface area contributed by atoms with Crippen molar-refractivity contribution in [2.24, 2.45) is 9.98 Å². The lowest BCUT2D eigenvalue weighted by Gasteiger charge is -2.07. The Morgan fingerprint density at radius 1 is 1.53 bits per heavy atom. The van der Waals surface area contributed by atoms with Crippen LogP contribution in [0, 0.1) is 13.8 Å². The number of nitrogens with zero attached hydrogens (tertiary/aromatic N) is 3. The summed E-state index contributed by atoms with van der Waals surface area (Å²) in [5.74, 6) is 0.851. The number of hydrogen-bond acceptors (Lipinski definition) is 3. The highest BCUT2D eigenvalue weighted by molar-refractivity contribution is 6.05. The summed E-state index contributed by atoms with van der Waals surface area (Å²) in [5, 5.41) is 0. The van der Waals surface area contributed by atoms with Crippen molar-refractivity contribution >= 4 is 18.4 Å². The van der Waals surface area contributed by atoms with Crippen LogP contribution in [0.5, 0.6) is 0 Å². The van der Waals surface area contributed by atoms with Crippen molar-refractivity contribution in [1.82, 2.24) is 4.98 Å². The molecule has 0 aliphatic carbocycles. The monoisotopic (exact) mass is 202 g/mol. The van der Waals surface area contributed by atoms with Crippen LogP contribution in [-0.4, -0.2) is 17.5 Å². The Morgan fingerprint density at radius 2 is 2.20 bits per heavy atom. The molecule has 4 heteroatoms. The van der Waals surface area contributed by atoms with Gasteiger partial charge in [-0.05, 0) is 32.2 Å². The van der Waals surface area contributed by atoms with Crippen LogP contribution in [0.1, 0.15) is 16.8 Å². The molecular formula is C11H14N4. The Morgan fingerprint density at radius 3 is 2.73 bits per heavy atom. The molecule has 1 aromatic heterocycles. The summed E-state index contributed by atoms with van der Waals surface area (Å²) in [6.45, 7) is 10.8. The molecule has 78 valence electrons. The first-order valence-corrected chi connectivity index (χ1v) is 4.49. The Kier molecular flexibility index (Phi) is 3.33. The molecule has 0 bridgehead atoms. The van der Waals surface area contributed by atoms with E-state index in [1.54, 1.807) is 0 Å². The van der Waals surface area contributed by atoms with Gasteiger partial charge in [-0.25, -0.2) is 15.0 Å². The fraction of sp³-hybridized carbons (Fsp3) is 0.182. The maximum absolute atomic E-state index is 5.78. The fourth-order valence-corrected chi connectivity index (χ4v) is 1.19. The van der Waals surface area contributed by atoms with Crippen molar-refractivity contribution < 1.29 is 0 Å². The average Bonchev–Trinajstić information content (AvgIpc) is 2.20. The fourth-order valence-electron chi connectivity index (χ4n) is 1.19. The molecule has 0 fully saturated rings. The van der Waals surface area contributed by atoms with Gasteiger partial charge in [0.1, 0.15) is 5.82 Å². The summed E-state index contributed by atoms with van der Waals surface area (Å²) >= 11 is 0. The standard InChI is InChI=1S/C11H14N4/c1-5-14-11(13-4)9-6-7(2)8(3)15-10(9)12/h5-6H,1,4H2,2-3H3,(H2,12,15). The van der Waals surface area contributed by atoms with Crippen molar-refractivity contribution in [3.8, 4) is 0 Å². The minimum atomic E-state index is 0.408. The predicted molar refractivity (Wildman–Crippen MR) is 64.4 cm³/mol. The van der Waals surface area contributed by atoms with Gasteiger partial charge in [-0.1, -0.05) is 6.58 Å². The summed E-state index contributed by atoms with van der Waals surface area (Å²) in [6, 6.07) is 1.90. The van der Waals surface area contributed by atoms with E-state index in [9.17, 15) is 0 Å². The third-order valence-corrected chi connectivity index (χ3v) is 2.10. The molecule has 0 spiro atoms. The van der Waals surface area contributed by atoms with E-state index in [4.69, 9.17) is 5.73 Å². The van der Waals surface area contributed by atoms with Gasteiger partial charge in [-0.3, -0.25) is 0 Å². The third-order valence-electron chi connectivity index (χ3n) is 2.10. The molecule has 0 aromatic carbocycles. The second-order valence-electron chi connectivity index (χ2n) is 3.12. The van der Waals surface area contributed by atoms with Gasteiger partial charge in [-0.2, -0.15) is 0 Å². The zero-order valence-corrected chi connectivity index (χ0v) is 8.99. The van der Waals surface area contributed by atoms with Crippen molar-refractivity contribution in [1.29, 1.82) is 0 Å². The molecule has 2 N–H and O–H groups in total. The van der Waals surface area contributed by atoms with E-state index in [1.165, 1.54) is 6.20 Å². The summed E-state index contributed by atoms with van der Waals surface area (Å²) in [4.78, 5) is 12.0. The highest BCUT2D eigenvalue weighted by Gasteiger charge is 2.08. The number of rotatable bonds is 2. The number of aliphatic imine (C=N–C) groups is 2. The Hall–Kier alpha value is -1.97. The first-order chi connectivity index (χ1) is 7.10. The molecule has 1 aromatic rings. The van der Waals surface area contributed by atoms with Crippen molar-refractivity contribution in [2.45, 2.75) is 13.8 Å². The van der Waals surface area contributed by atoms with E-state index < -0.39 is 0 Å². The Balaban J connectivity index is 3.36. The van der Waals surface area contributed by atoms with Gasteiger partial charge in [0.05, 0.1) is 5.56 Å². The normalized spacial score (nSPS) is 11.2. The van der Waals surface area contributed by atoms with Gasteiger partial charge in [0.25, 0.3) is 0 Å². The SMILES string of the molecule is C=CN=C(N=C)c1cc(C)c(C)nc1N. The average molecular weight is 202 g/mol. The van der Waals surface area contributed by atoms with Crippen molar-refractivity contribution in [3.05, 3.63) is 35.7 Å². The molecule has 0 amide bonds. The molecule has 0 aliphatic rings. The number of hydrogen-bond donors (Lipinski definition) is 1. The first kappa shape index (κ1) is 11.1. The van der Waals surface area contributed by atoms with Crippen LogP contribution in [-0.2, 0) is 0 Å². The zero-order valence-electron chi connectivity index (χ0n) is 8.99. The van der Waals surface area contributed by atoms with Crippen LogP contribution < -0.4 is 5.73 Å². The molecule has 0 radical (unpaired) electrons. The Bertz CT molecular complexity index is 432. The second kappa shape index (κ2) is 4.50. The van der Waals surface area contributed by atoms with Crippen molar-refractivity contribution in [3.63, 3.8) is 0 Å². The first-order valence-electron chi connectivity index (χ1n) is 4.49. The minimum absolute atomic E-state index is 0.408. The molecule has 0 atom stereocenters. The van der Waals surface area contributed by atoms with Gasteiger partial charge >= 0.3 is 0 Å². The van der Waals surface area contributed by atoms with Crippen LogP contribution in [0.2, 0.25) is 0 Å². The maximum Gasteiger partial charge on any atom is 0.162 e. The van der Waals surface area contributed by atoms with Crippen LogP contribution >= 0.6 is 0 Å². The minimum Gasteiger partial charge on any atom is -0.383 e. The van der Waals surface area contributed by atoms with E-state index in [-0.39, 0.29) is 0 Å². The molecular weight excluding hydrogens is 188 g/mol. The lowest BCUT2D eigenvalue weighted by molar-refractivity contribution is 1.15. The molecule has 4 nitrogen and oxygen atoms in total. The van der Waals surface area contributed by atoms with Crippen molar-refractivity contribution in [2.75, 3.05) is 5.73 Å². The van der Waals surface area contributed by atoms with E-state index in [2.05, 4.69) is 28.3 Å². The molecule has 15 heavy (non-hydrogen) atoms. The van der Waals surface area contributed by atoms with Crippen LogP contribution in [0.25, 0.3) is 0 Å². The van der Waals surface area contributed by atoms with Crippen LogP contribution in [0.3, 0.4) is 0 Å². The van der Waals surface area contributed by atoms with Gasteiger partial charge in [0.15, 0.2) is 5.84 Å². The third kappa shape index (κ3) is 2.28. The number of pyridine rings is 1. The molecule has 1 heterocycles. The lowest BCUT2D eigenvalue weighted by Crippen LogP contribution is -2.06. The molecule has 0 saturated heterocycles. The summed E-state index contributed by atoms with van der Waals surface area (Å²) in [7, 11) is 0. The largest absolute Gasteiger partial charge is 0.383 e. The summed E-state index contributed by atoms with van der Waals surface area (Å²) in [6.07, 6.45) is 1.40. The number of aromatic nitrogens is 1. The summed E-state index contributed by atoms with van der Waals surface area (Å²) in [5.41, 5.74) is 8.41. The van der Waals surface area contributed by atoms with Gasteiger partial charge in [-0.15, -0.1) is 0 Å². The van der Waals surface area contributed by atoms with Crippen LogP contribution in [0.15, 0.2) is 28.8 Å². The lowest BCUT2D eigenvalue weighted by atomic mass is 10.1. The zero-order chi connectivity index (χ0) is 11.4. The van der Waals surface area contributed by atoms with Gasteiger partial charge in [0, 0.05) is 11.9 Å². The van der Waals surface area contributed by atoms with E-state index in [0.29, 0.717) is 17.2 Å². The molecule has 0 aliphatic heterocycles. The maximum atomic E-state index is 5.78. The topological polar surface area (TPSA) is 63.6 Å². The number of anilines is 1. The van der Waals surface area contributed by atoms with Gasteiger partial charge in [0.2, 0.25) is 0 Å². The quantitative estimate of drug-likeness (QED) is 0.587. The highest BCUT2D eigenvalue weighted by atomic mass is 14.9. The van der Waals surface area contributed by atoms with Crippen LogP contribution in [0.4, 0.5) is 5.82 Å².